The van der Waals surface area contributed by atoms with Crippen molar-refractivity contribution in [3.8, 4) is 0 Å². The molecule has 0 saturated carbocycles. The summed E-state index contributed by atoms with van der Waals surface area (Å²) in [6.07, 6.45) is -1.81. The highest BCUT2D eigenvalue weighted by atomic mass is 32.1. The summed E-state index contributed by atoms with van der Waals surface area (Å²) in [7, 11) is 8.21. The number of amides is 9. The summed E-state index contributed by atoms with van der Waals surface area (Å²) in [6, 6.07) is 9.87. The lowest BCUT2D eigenvalue weighted by molar-refractivity contribution is -0.143. The molecule has 3 aromatic carbocycles. The van der Waals surface area contributed by atoms with E-state index in [9.17, 15) is 71.8 Å². The van der Waals surface area contributed by atoms with Gasteiger partial charge in [0.25, 0.3) is 0 Å². The van der Waals surface area contributed by atoms with Gasteiger partial charge in [-0.1, -0.05) is 69.3 Å². The van der Waals surface area contributed by atoms with E-state index in [1.165, 1.54) is 38.2 Å². The number of aryl methyl sites for hydroxylation is 2. The molecule has 2 aromatic heterocycles. The SMILES string of the molecule is C[C@@H](C(=O)N[C@@H](Cc1cn(C)c2ccccc12)C(=O)C[C@@H](CC(C)(C)C)C(=O)NC(CCC(N)=O)C(=O)C[C@@H](CC(=O)O)C(=O)NC(CS)C(=O)C[C@@H](Cc1cn(C)c2ccccc12)C(=O)N[C@@H](CCCN=C(N)N(C)C)C(=O)CCC(=O)NC(Cc1ccc(F)cc1)C(=O)C[C@@H](CS)C(N)=O)N(C)C(=O)C(CS)NC(=O)COCCOCCCC(=O)CN=[N+]=N. The van der Waals surface area contributed by atoms with Crippen LogP contribution in [0.15, 0.2) is 95.3 Å². The summed E-state index contributed by atoms with van der Waals surface area (Å²) < 4.78 is 28.4. The number of fused-ring (bicyclic) bond motifs is 2. The Kier molecular flexibility index (Phi) is 44.2. The number of guanidine groups is 1. The van der Waals surface area contributed by atoms with Gasteiger partial charge in [0.15, 0.2) is 47.2 Å². The van der Waals surface area contributed by atoms with E-state index >= 15 is 14.4 Å². The van der Waals surface area contributed by atoms with Gasteiger partial charge in [-0.3, -0.25) is 81.7 Å². The van der Waals surface area contributed by atoms with Crippen LogP contribution in [0.25, 0.3) is 21.8 Å². The predicted molar refractivity (Wildman–Crippen MR) is 477 cm³/mol. The number of carbonyl (C=O) groups is 16. The van der Waals surface area contributed by atoms with Crippen LogP contribution >= 0.6 is 37.9 Å². The molecule has 0 radical (unpaired) electrons. The Labute approximate surface area is 747 Å². The molecule has 126 heavy (non-hydrogen) atoms. The van der Waals surface area contributed by atoms with Gasteiger partial charge in [0.05, 0.1) is 61.7 Å². The fraction of sp³-hybridized carbons (Fsp3) is 0.547. The molecule has 0 aliphatic rings. The molecule has 5 aromatic rings. The number of nitrogens with two attached hydrogens (primary N) is 3. The van der Waals surface area contributed by atoms with Gasteiger partial charge in [0.1, 0.15) is 35.2 Å². The topological polar surface area (TPSA) is 541 Å². The molecule has 0 saturated heterocycles. The lowest BCUT2D eigenvalue weighted by Gasteiger charge is -2.30. The van der Waals surface area contributed by atoms with Crippen molar-refractivity contribution < 1.29 is 95.7 Å². The first kappa shape index (κ1) is 105. The van der Waals surface area contributed by atoms with Gasteiger partial charge in [0, 0.05) is 169 Å². The summed E-state index contributed by atoms with van der Waals surface area (Å²) >= 11 is 12.9. The standard InChI is InChI=1S/C86H120FN17O19S3/c1-50(104(9)84(121)67(49-126)95-77(113)46-123-33-32-122-31-15-16-59(105)43-93-100-91)80(117)98-65(36-56-45-103(8)69-21-13-11-18-61(56)69)72(108)39-54(42-86(2,3)4)83(120)97-63(26-28-75(88)111)71(107)38-53(41-78(114)115)82(119)99-66(48-125)74(110)37-52(35-55-44-102(7)68-20-12-10-17-60(55)68)81(118)96-62(19-14-30-92-85(90)101(5)6)70(106)27-29-76(112)94-64(34-51-22-24-58(87)25-23-51)73(109)40-57(47-124)79(89)116/h10-13,17-18,20-25,44-45,50,52-54,57,62-67,91H,14-16,19,26-43,46-49H2,1-9H3,(H15-,88,89,90,92,94,95,96,97,98,99,111,112,113,114,115,116,117,118,119,120,124,125,126)/p+1/t50-,52+,53-,54-,57-,62-,63?,64?,65-,66?,67?/m0/s1. The molecule has 0 bridgehead atoms. The Hall–Kier alpha value is -11.1. The van der Waals surface area contributed by atoms with Crippen LogP contribution in [0.5, 0.6) is 0 Å². The average Bonchev–Trinajstić information content (AvgIpc) is 1.68. The number of hydrogen-bond acceptors (Lipinski definition) is 24. The minimum atomic E-state index is -1.78. The van der Waals surface area contributed by atoms with Crippen LogP contribution in [-0.2, 0) is 120 Å². The lowest BCUT2D eigenvalue weighted by atomic mass is 9.80. The maximum absolute atomic E-state index is 15.2. The molecular weight excluding hydrogens is 1690 g/mol. The van der Waals surface area contributed by atoms with E-state index in [4.69, 9.17) is 32.2 Å². The highest BCUT2D eigenvalue weighted by molar-refractivity contribution is 7.80. The summed E-state index contributed by atoms with van der Waals surface area (Å²) in [5, 5.41) is 31.1. The molecule has 11 atom stereocenters. The van der Waals surface area contributed by atoms with Gasteiger partial charge in [-0.2, -0.15) is 37.9 Å². The summed E-state index contributed by atoms with van der Waals surface area (Å²) in [5.41, 5.74) is 26.4. The predicted octanol–water partition coefficient (Wildman–Crippen LogP) is 3.28. The second-order valence-corrected chi connectivity index (χ2v) is 33.7. The molecule has 36 nitrogen and oxygen atoms in total. The van der Waals surface area contributed by atoms with E-state index in [1.807, 2.05) is 28.8 Å². The molecule has 4 unspecified atom stereocenters. The summed E-state index contributed by atoms with van der Waals surface area (Å²) in [4.78, 5) is 232. The second-order valence-electron chi connectivity index (χ2n) is 32.7. The van der Waals surface area contributed by atoms with Crippen molar-refractivity contribution in [3.05, 3.63) is 108 Å². The van der Waals surface area contributed by atoms with Crippen LogP contribution in [0.1, 0.15) is 134 Å². The average molecular weight is 1810 g/mol. The van der Waals surface area contributed by atoms with E-state index in [0.717, 1.165) is 21.3 Å². The number of carboxylic acid groups (broad SMARTS) is 1. The van der Waals surface area contributed by atoms with Crippen LogP contribution < -0.4 is 54.0 Å². The van der Waals surface area contributed by atoms with Gasteiger partial charge in [-0.15, -0.1) is 0 Å². The zero-order valence-electron chi connectivity index (χ0n) is 72.7. The van der Waals surface area contributed by atoms with Crippen molar-refractivity contribution in [3.63, 3.8) is 0 Å². The largest absolute Gasteiger partial charge is 0.481 e. The van der Waals surface area contributed by atoms with Crippen LogP contribution in [-0.4, -0.2) is 244 Å². The lowest BCUT2D eigenvalue weighted by Crippen LogP contribution is -2.56. The first-order valence-corrected chi connectivity index (χ1v) is 43.3. The van der Waals surface area contributed by atoms with E-state index in [-0.39, 0.29) is 101 Å². The van der Waals surface area contributed by atoms with E-state index in [2.05, 4.69) is 84.8 Å². The third-order valence-corrected chi connectivity index (χ3v) is 22.4. The number of halogens is 1. The number of ether oxygens (including phenoxy) is 2. The fourth-order valence-electron chi connectivity index (χ4n) is 14.1. The number of thiol groups is 3. The Morgan fingerprint density at radius 1 is 0.548 bits per heavy atom. The Balaban J connectivity index is 1.39. The van der Waals surface area contributed by atoms with E-state index < -0.39 is 235 Å². The van der Waals surface area contributed by atoms with Gasteiger partial charge >= 0.3 is 5.97 Å². The monoisotopic (exact) mass is 1810 g/mol. The minimum absolute atomic E-state index is 0.0106. The van der Waals surface area contributed by atoms with Crippen molar-refractivity contribution in [1.82, 2.24) is 55.7 Å². The fourth-order valence-corrected chi connectivity index (χ4v) is 15.0. The number of aromatic nitrogens is 2. The Bertz CT molecular complexity index is 4740. The highest BCUT2D eigenvalue weighted by Gasteiger charge is 2.39. The van der Waals surface area contributed by atoms with Crippen LogP contribution in [0.2, 0.25) is 0 Å². The number of aliphatic imine (C=N–C) groups is 1. The third kappa shape index (κ3) is 35.4. The number of nitrogens with one attached hydrogen (secondary N) is 7. The zero-order valence-corrected chi connectivity index (χ0v) is 75.4. The molecule has 0 aliphatic heterocycles. The molecule has 14 N–H and O–H groups in total. The highest BCUT2D eigenvalue weighted by Crippen LogP contribution is 2.31. The molecule has 2 heterocycles. The number of nitrogens with zero attached hydrogens (tertiary/aromatic N) is 7. The molecular formula is C86H121FN17O19S3+. The molecule has 688 valence electrons. The number of hydrogen-bond donors (Lipinski definition) is 14. The van der Waals surface area contributed by atoms with Crippen molar-refractivity contribution in [2.24, 2.45) is 70.5 Å². The van der Waals surface area contributed by atoms with Crippen molar-refractivity contribution in [2.45, 2.75) is 179 Å². The molecule has 40 heteroatoms. The number of para-hydroxylation sites is 2. The quantitative estimate of drug-likeness (QED) is 0.00663. The van der Waals surface area contributed by atoms with Crippen LogP contribution in [0, 0.1) is 40.4 Å². The summed E-state index contributed by atoms with van der Waals surface area (Å²) in [6.45, 7) is 6.43. The number of carboxylic acids is 1. The Morgan fingerprint density at radius 3 is 1.62 bits per heavy atom. The van der Waals surface area contributed by atoms with E-state index in [1.54, 1.807) is 95.1 Å². The zero-order chi connectivity index (χ0) is 93.7. The number of benzene rings is 3. The normalized spacial score (nSPS) is 14.2. The molecule has 0 aliphatic carbocycles. The summed E-state index contributed by atoms with van der Waals surface area (Å²) in [5.74, 6) is -19.5. The number of carbonyl (C=O) groups excluding carboxylic acids is 15. The first-order valence-electron chi connectivity index (χ1n) is 41.4. The van der Waals surface area contributed by atoms with Crippen molar-refractivity contribution >= 4 is 159 Å². The van der Waals surface area contributed by atoms with Crippen LogP contribution in [0.4, 0.5) is 4.39 Å². The maximum Gasteiger partial charge on any atom is 0.304 e. The molecule has 0 spiro atoms. The number of likely N-dealkylation sites (N-methyl/N-ethyl adjacent to an activating group) is 1. The van der Waals surface area contributed by atoms with Crippen molar-refractivity contribution in [2.75, 3.05) is 77.9 Å². The maximum atomic E-state index is 15.2. The first-order chi connectivity index (χ1) is 59.6. The minimum Gasteiger partial charge on any atom is -0.481 e. The number of ketones is 6. The number of aliphatic carboxylic acids is 1. The van der Waals surface area contributed by atoms with Crippen LogP contribution in [0.3, 0.4) is 0 Å². The Morgan fingerprint density at radius 2 is 1.06 bits per heavy atom. The number of rotatable bonds is 59. The van der Waals surface area contributed by atoms with Gasteiger partial charge in [0.2, 0.25) is 58.1 Å². The smallest absolute Gasteiger partial charge is 0.304 e. The number of primary amides is 2. The van der Waals surface area contributed by atoms with Gasteiger partial charge < -0.3 is 82.6 Å². The number of Topliss-reactive ketones (excluding diaryl/α,β-unsaturated/α-hetero) is 6. The molecule has 9 amide bonds. The second kappa shape index (κ2) is 52.8. The third-order valence-electron chi connectivity index (χ3n) is 21.2. The molecule has 5 rings (SSSR count). The van der Waals surface area contributed by atoms with E-state index in [0.29, 0.717) is 28.5 Å². The molecule has 0 fully saturated rings. The van der Waals surface area contributed by atoms with Gasteiger partial charge in [-0.05, 0) is 98.2 Å². The van der Waals surface area contributed by atoms with Gasteiger partial charge in [-0.25, -0.2) is 4.39 Å². The van der Waals surface area contributed by atoms with Crippen molar-refractivity contribution in [1.29, 1.82) is 5.53 Å².